The number of hydrogen-bond donors (Lipinski definition) is 2. The predicted octanol–water partition coefficient (Wildman–Crippen LogP) is 1.75. The fourth-order valence-electron chi connectivity index (χ4n) is 1.27. The Kier molecular flexibility index (Phi) is 4.61. The molecule has 3 N–H and O–H groups in total. The van der Waals surface area contributed by atoms with Gasteiger partial charge < -0.3 is 15.8 Å². The van der Waals surface area contributed by atoms with Crippen LogP contribution in [0, 0.1) is 5.82 Å². The Bertz CT molecular complexity index is 418. The predicted molar refractivity (Wildman–Crippen MR) is 65.4 cm³/mol. The van der Waals surface area contributed by atoms with Gasteiger partial charge in [0.15, 0.2) is 0 Å². The number of nitrogens with one attached hydrogen (secondary N) is 1. The number of amides is 1. The van der Waals surface area contributed by atoms with E-state index < -0.39 is 23.6 Å². The van der Waals surface area contributed by atoms with Crippen molar-refractivity contribution in [3.63, 3.8) is 0 Å². The molecule has 0 saturated carbocycles. The van der Waals surface area contributed by atoms with Gasteiger partial charge in [0.05, 0.1) is 11.7 Å². The van der Waals surface area contributed by atoms with Crippen LogP contribution in [0.5, 0.6) is 0 Å². The van der Waals surface area contributed by atoms with Crippen LogP contribution < -0.4 is 11.1 Å². The van der Waals surface area contributed by atoms with Gasteiger partial charge in [0.2, 0.25) is 0 Å². The maximum atomic E-state index is 13.3. The van der Waals surface area contributed by atoms with Crippen LogP contribution in [0.25, 0.3) is 0 Å². The zero-order valence-corrected chi connectivity index (χ0v) is 10.7. The van der Waals surface area contributed by atoms with Gasteiger partial charge in [-0.15, -0.1) is 0 Å². The number of ether oxygens (including phenoxy) is 1. The molecule has 0 spiro atoms. The van der Waals surface area contributed by atoms with Crippen LogP contribution in [-0.4, -0.2) is 23.2 Å². The molecule has 100 valence electrons. The van der Waals surface area contributed by atoms with Crippen molar-refractivity contribution in [1.82, 2.24) is 10.3 Å². The molecule has 1 rings (SSSR count). The fraction of sp³-hybridized carbons (Fsp3) is 0.500. The number of carbonyl (C=O) groups excluding carboxylic acids is 1. The van der Waals surface area contributed by atoms with Gasteiger partial charge in [-0.1, -0.05) is 0 Å². The summed E-state index contributed by atoms with van der Waals surface area (Å²) < 4.78 is 18.4. The molecule has 18 heavy (non-hydrogen) atoms. The lowest BCUT2D eigenvalue weighted by Crippen LogP contribution is -2.37. The number of halogens is 1. The highest BCUT2D eigenvalue weighted by Gasteiger charge is 2.18. The van der Waals surface area contributed by atoms with Gasteiger partial charge in [0, 0.05) is 12.7 Å². The highest BCUT2D eigenvalue weighted by molar-refractivity contribution is 5.67. The van der Waals surface area contributed by atoms with Crippen molar-refractivity contribution in [3.05, 3.63) is 29.8 Å². The minimum Gasteiger partial charge on any atom is -0.444 e. The van der Waals surface area contributed by atoms with Gasteiger partial charge in [0.25, 0.3) is 0 Å². The van der Waals surface area contributed by atoms with E-state index in [2.05, 4.69) is 10.3 Å². The van der Waals surface area contributed by atoms with Crippen LogP contribution >= 0.6 is 0 Å². The second-order valence-electron chi connectivity index (χ2n) is 4.86. The Balaban J connectivity index is 2.49. The number of alkyl carbamates (subject to hydrolysis) is 1. The summed E-state index contributed by atoms with van der Waals surface area (Å²) in [5, 5.41) is 2.47. The van der Waals surface area contributed by atoms with E-state index in [1.807, 2.05) is 0 Å². The minimum absolute atomic E-state index is 0.0584. The standard InChI is InChI=1S/C12H18FN3O2/c1-12(2,3)18-11(17)16-7-9(14)10-8(13)5-4-6-15-10/h4-6,9H,7,14H2,1-3H3,(H,16,17). The summed E-state index contributed by atoms with van der Waals surface area (Å²) in [6.07, 6.45) is 0.862. The molecule has 1 heterocycles. The first-order chi connectivity index (χ1) is 8.29. The van der Waals surface area contributed by atoms with E-state index in [9.17, 15) is 9.18 Å². The minimum atomic E-state index is -0.710. The number of rotatable bonds is 3. The summed E-state index contributed by atoms with van der Waals surface area (Å²) in [5.41, 5.74) is 5.28. The van der Waals surface area contributed by atoms with E-state index >= 15 is 0 Å². The molecule has 6 heteroatoms. The lowest BCUT2D eigenvalue weighted by atomic mass is 10.2. The molecule has 1 aromatic heterocycles. The van der Waals surface area contributed by atoms with E-state index in [-0.39, 0.29) is 12.2 Å². The van der Waals surface area contributed by atoms with E-state index in [0.717, 1.165) is 0 Å². The number of carbonyl (C=O) groups is 1. The molecule has 1 atom stereocenters. The van der Waals surface area contributed by atoms with Gasteiger partial charge in [-0.3, -0.25) is 4.98 Å². The average molecular weight is 255 g/mol. The highest BCUT2D eigenvalue weighted by Crippen LogP contribution is 2.11. The van der Waals surface area contributed by atoms with Gasteiger partial charge in [-0.2, -0.15) is 0 Å². The molecule has 0 aliphatic rings. The van der Waals surface area contributed by atoms with Crippen LogP contribution in [0.3, 0.4) is 0 Å². The topological polar surface area (TPSA) is 77.2 Å². The van der Waals surface area contributed by atoms with Gasteiger partial charge in [-0.05, 0) is 32.9 Å². The normalized spacial score (nSPS) is 12.9. The Morgan fingerprint density at radius 3 is 2.83 bits per heavy atom. The van der Waals surface area contributed by atoms with Crippen molar-refractivity contribution < 1.29 is 13.9 Å². The average Bonchev–Trinajstić information content (AvgIpc) is 2.24. The third-order valence-electron chi connectivity index (χ3n) is 2.00. The van der Waals surface area contributed by atoms with Crippen molar-refractivity contribution in [1.29, 1.82) is 0 Å². The molecule has 0 fully saturated rings. The third-order valence-corrected chi connectivity index (χ3v) is 2.00. The Hall–Kier alpha value is -1.69. The Labute approximate surface area is 106 Å². The summed E-state index contributed by atoms with van der Waals surface area (Å²) in [6, 6.07) is 2.04. The quantitative estimate of drug-likeness (QED) is 0.862. The zero-order chi connectivity index (χ0) is 13.8. The SMILES string of the molecule is CC(C)(C)OC(=O)NCC(N)c1ncccc1F. The summed E-state index contributed by atoms with van der Waals surface area (Å²) in [7, 11) is 0. The van der Waals surface area contributed by atoms with Crippen LogP contribution in [0.15, 0.2) is 18.3 Å². The van der Waals surface area contributed by atoms with Crippen molar-refractivity contribution in [2.24, 2.45) is 5.73 Å². The number of nitrogens with zero attached hydrogens (tertiary/aromatic N) is 1. The lowest BCUT2D eigenvalue weighted by Gasteiger charge is -2.20. The molecule has 0 aliphatic carbocycles. The molecule has 0 bridgehead atoms. The lowest BCUT2D eigenvalue weighted by molar-refractivity contribution is 0.0524. The fourth-order valence-corrected chi connectivity index (χ4v) is 1.27. The van der Waals surface area contributed by atoms with Crippen LogP contribution in [-0.2, 0) is 4.74 Å². The zero-order valence-electron chi connectivity index (χ0n) is 10.7. The maximum absolute atomic E-state index is 13.3. The van der Waals surface area contributed by atoms with Crippen molar-refractivity contribution in [3.8, 4) is 0 Å². The second kappa shape index (κ2) is 5.77. The molecule has 1 aromatic rings. The van der Waals surface area contributed by atoms with Gasteiger partial charge in [-0.25, -0.2) is 9.18 Å². The number of aromatic nitrogens is 1. The maximum Gasteiger partial charge on any atom is 0.407 e. The number of nitrogens with two attached hydrogens (primary N) is 1. The summed E-state index contributed by atoms with van der Waals surface area (Å²) in [5.74, 6) is -0.490. The van der Waals surface area contributed by atoms with Crippen LogP contribution in [0.4, 0.5) is 9.18 Å². The Morgan fingerprint density at radius 2 is 2.28 bits per heavy atom. The van der Waals surface area contributed by atoms with Crippen LogP contribution in [0.1, 0.15) is 32.5 Å². The summed E-state index contributed by atoms with van der Waals surface area (Å²) >= 11 is 0. The van der Waals surface area contributed by atoms with E-state index in [0.29, 0.717) is 0 Å². The van der Waals surface area contributed by atoms with Crippen LogP contribution in [0.2, 0.25) is 0 Å². The highest BCUT2D eigenvalue weighted by atomic mass is 19.1. The first-order valence-electron chi connectivity index (χ1n) is 5.62. The molecule has 1 amide bonds. The van der Waals surface area contributed by atoms with Gasteiger partial charge >= 0.3 is 6.09 Å². The number of hydrogen-bond acceptors (Lipinski definition) is 4. The van der Waals surface area contributed by atoms with Crippen molar-refractivity contribution in [2.45, 2.75) is 32.4 Å². The van der Waals surface area contributed by atoms with Crippen molar-refractivity contribution in [2.75, 3.05) is 6.54 Å². The monoisotopic (exact) mass is 255 g/mol. The molecule has 0 aromatic carbocycles. The number of pyridine rings is 1. The first kappa shape index (κ1) is 14.4. The van der Waals surface area contributed by atoms with Gasteiger partial charge in [0.1, 0.15) is 11.4 Å². The van der Waals surface area contributed by atoms with E-state index in [1.165, 1.54) is 18.3 Å². The molecule has 0 aliphatic heterocycles. The third kappa shape index (κ3) is 4.67. The summed E-state index contributed by atoms with van der Waals surface area (Å²) in [4.78, 5) is 15.2. The van der Waals surface area contributed by atoms with Crippen molar-refractivity contribution >= 4 is 6.09 Å². The summed E-state index contributed by atoms with van der Waals surface area (Å²) in [6.45, 7) is 5.32. The molecule has 0 radical (unpaired) electrons. The molecule has 5 nitrogen and oxygen atoms in total. The Morgan fingerprint density at radius 1 is 1.61 bits per heavy atom. The first-order valence-corrected chi connectivity index (χ1v) is 5.62. The largest absolute Gasteiger partial charge is 0.444 e. The smallest absolute Gasteiger partial charge is 0.407 e. The van der Waals surface area contributed by atoms with E-state index in [4.69, 9.17) is 10.5 Å². The van der Waals surface area contributed by atoms with E-state index in [1.54, 1.807) is 20.8 Å². The second-order valence-corrected chi connectivity index (χ2v) is 4.86. The molecular weight excluding hydrogens is 237 g/mol. The molecule has 0 saturated heterocycles. The molecule has 1 unspecified atom stereocenters. The molecular formula is C12H18FN3O2.